The average molecular weight is 232 g/mol. The van der Waals surface area contributed by atoms with Crippen LogP contribution < -0.4 is 0 Å². The van der Waals surface area contributed by atoms with Crippen LogP contribution in [0.5, 0.6) is 0 Å². The van der Waals surface area contributed by atoms with E-state index in [-0.39, 0.29) is 11.7 Å². The van der Waals surface area contributed by atoms with Crippen molar-refractivity contribution in [3.63, 3.8) is 0 Å². The summed E-state index contributed by atoms with van der Waals surface area (Å²) in [6.07, 6.45) is 1.89. The number of hydrogen-bond donors (Lipinski definition) is 0. The van der Waals surface area contributed by atoms with Crippen LogP contribution in [-0.4, -0.2) is 45.0 Å². The minimum atomic E-state index is -2.85. The zero-order valence-corrected chi connectivity index (χ0v) is 10.5. The van der Waals surface area contributed by atoms with E-state index < -0.39 is 9.84 Å². The van der Waals surface area contributed by atoms with Crippen molar-refractivity contribution in [2.24, 2.45) is 5.92 Å². The van der Waals surface area contributed by atoms with Gasteiger partial charge < -0.3 is 4.90 Å². The highest BCUT2D eigenvalue weighted by molar-refractivity contribution is 7.90. The Hall–Kier alpha value is -0.600. The SMILES string of the molecule is CCN(CCCS(C)(=O)=O)CC(C)C#N. The van der Waals surface area contributed by atoms with Crippen LogP contribution in [0.25, 0.3) is 0 Å². The highest BCUT2D eigenvalue weighted by atomic mass is 32.2. The Morgan fingerprint density at radius 1 is 1.47 bits per heavy atom. The molecule has 0 fully saturated rings. The van der Waals surface area contributed by atoms with Gasteiger partial charge in [-0.2, -0.15) is 5.26 Å². The standard InChI is InChI=1S/C10H20N2O2S/c1-4-12(9-10(2)8-11)6-5-7-15(3,13)14/h10H,4-7,9H2,1-3H3. The molecule has 0 N–H and O–H groups in total. The molecule has 5 heteroatoms. The zero-order chi connectivity index (χ0) is 11.9. The summed E-state index contributed by atoms with van der Waals surface area (Å²) in [4.78, 5) is 2.11. The van der Waals surface area contributed by atoms with Crippen molar-refractivity contribution in [2.45, 2.75) is 20.3 Å². The van der Waals surface area contributed by atoms with E-state index >= 15 is 0 Å². The van der Waals surface area contributed by atoms with Crippen LogP contribution in [0.3, 0.4) is 0 Å². The molecule has 0 saturated heterocycles. The predicted molar refractivity (Wildman–Crippen MR) is 61.2 cm³/mol. The second-order valence-electron chi connectivity index (χ2n) is 3.91. The lowest BCUT2D eigenvalue weighted by Gasteiger charge is -2.20. The van der Waals surface area contributed by atoms with Gasteiger partial charge in [0.1, 0.15) is 9.84 Å². The summed E-state index contributed by atoms with van der Waals surface area (Å²) >= 11 is 0. The van der Waals surface area contributed by atoms with Gasteiger partial charge >= 0.3 is 0 Å². The highest BCUT2D eigenvalue weighted by Crippen LogP contribution is 2.00. The van der Waals surface area contributed by atoms with Crippen molar-refractivity contribution < 1.29 is 8.42 Å². The normalized spacial score (nSPS) is 13.8. The van der Waals surface area contributed by atoms with Crippen molar-refractivity contribution in [3.8, 4) is 6.07 Å². The fraction of sp³-hybridized carbons (Fsp3) is 0.900. The third-order valence-electron chi connectivity index (χ3n) is 2.19. The summed E-state index contributed by atoms with van der Waals surface area (Å²) < 4.78 is 21.8. The number of nitrogens with zero attached hydrogens (tertiary/aromatic N) is 2. The fourth-order valence-electron chi connectivity index (χ4n) is 1.36. The van der Waals surface area contributed by atoms with Crippen LogP contribution in [-0.2, 0) is 9.84 Å². The Bertz CT molecular complexity index is 306. The number of hydrogen-bond acceptors (Lipinski definition) is 4. The van der Waals surface area contributed by atoms with Gasteiger partial charge in [0.2, 0.25) is 0 Å². The van der Waals surface area contributed by atoms with Gasteiger partial charge in [-0.3, -0.25) is 0 Å². The topological polar surface area (TPSA) is 61.2 Å². The molecule has 0 aromatic rings. The van der Waals surface area contributed by atoms with Gasteiger partial charge in [-0.05, 0) is 26.4 Å². The van der Waals surface area contributed by atoms with Crippen LogP contribution in [0.1, 0.15) is 20.3 Å². The molecule has 1 atom stereocenters. The molecule has 4 nitrogen and oxygen atoms in total. The maximum atomic E-state index is 10.9. The largest absolute Gasteiger partial charge is 0.302 e. The molecule has 0 aromatic heterocycles. The van der Waals surface area contributed by atoms with Crippen molar-refractivity contribution in [3.05, 3.63) is 0 Å². The highest BCUT2D eigenvalue weighted by Gasteiger charge is 2.09. The molecule has 88 valence electrons. The smallest absolute Gasteiger partial charge is 0.147 e. The summed E-state index contributed by atoms with van der Waals surface area (Å²) in [6.45, 7) is 6.21. The maximum absolute atomic E-state index is 10.9. The Labute approximate surface area is 92.8 Å². The van der Waals surface area contributed by atoms with Gasteiger partial charge in [0.05, 0.1) is 17.7 Å². The quantitative estimate of drug-likeness (QED) is 0.654. The summed E-state index contributed by atoms with van der Waals surface area (Å²) in [7, 11) is -2.85. The summed E-state index contributed by atoms with van der Waals surface area (Å²) in [5.74, 6) is 0.230. The van der Waals surface area contributed by atoms with Gasteiger partial charge in [-0.25, -0.2) is 8.42 Å². The first-order valence-corrected chi connectivity index (χ1v) is 7.24. The molecule has 0 saturated carbocycles. The monoisotopic (exact) mass is 232 g/mol. The first kappa shape index (κ1) is 14.4. The lowest BCUT2D eigenvalue weighted by molar-refractivity contribution is 0.269. The third kappa shape index (κ3) is 8.40. The fourth-order valence-corrected chi connectivity index (χ4v) is 2.01. The first-order valence-electron chi connectivity index (χ1n) is 5.18. The molecule has 15 heavy (non-hydrogen) atoms. The van der Waals surface area contributed by atoms with Crippen LogP contribution in [0.15, 0.2) is 0 Å². The van der Waals surface area contributed by atoms with Crippen molar-refractivity contribution >= 4 is 9.84 Å². The van der Waals surface area contributed by atoms with Crippen LogP contribution in [0, 0.1) is 17.2 Å². The minimum absolute atomic E-state index is 0.00295. The second kappa shape index (κ2) is 6.81. The van der Waals surface area contributed by atoms with E-state index in [4.69, 9.17) is 5.26 Å². The number of nitriles is 1. The van der Waals surface area contributed by atoms with E-state index in [1.54, 1.807) is 0 Å². The molecule has 1 unspecified atom stereocenters. The van der Waals surface area contributed by atoms with E-state index in [2.05, 4.69) is 11.0 Å². The summed E-state index contributed by atoms with van der Waals surface area (Å²) in [6, 6.07) is 2.18. The van der Waals surface area contributed by atoms with E-state index in [0.717, 1.165) is 19.6 Å². The Kier molecular flexibility index (Phi) is 6.53. The molecule has 0 aromatic carbocycles. The molecule has 0 aliphatic rings. The van der Waals surface area contributed by atoms with E-state index in [1.807, 2.05) is 13.8 Å². The van der Waals surface area contributed by atoms with Crippen LogP contribution >= 0.6 is 0 Å². The molecule has 0 bridgehead atoms. The summed E-state index contributed by atoms with van der Waals surface area (Å²) in [5.41, 5.74) is 0. The zero-order valence-electron chi connectivity index (χ0n) is 9.73. The van der Waals surface area contributed by atoms with Crippen molar-refractivity contribution in [1.29, 1.82) is 5.26 Å². The average Bonchev–Trinajstić information content (AvgIpc) is 2.14. The molecular formula is C10H20N2O2S. The number of rotatable bonds is 7. The van der Waals surface area contributed by atoms with Gasteiger partial charge in [0, 0.05) is 12.8 Å². The minimum Gasteiger partial charge on any atom is -0.302 e. The first-order chi connectivity index (χ1) is 6.89. The molecule has 0 rings (SSSR count). The van der Waals surface area contributed by atoms with Gasteiger partial charge in [-0.1, -0.05) is 6.92 Å². The van der Waals surface area contributed by atoms with Crippen molar-refractivity contribution in [1.82, 2.24) is 4.90 Å². The Balaban J connectivity index is 3.87. The van der Waals surface area contributed by atoms with Crippen LogP contribution in [0.2, 0.25) is 0 Å². The third-order valence-corrected chi connectivity index (χ3v) is 3.22. The molecule has 0 aliphatic heterocycles. The molecule has 0 heterocycles. The summed E-state index contributed by atoms with van der Waals surface area (Å²) in [5, 5.41) is 8.66. The molecule has 0 spiro atoms. The van der Waals surface area contributed by atoms with E-state index in [0.29, 0.717) is 6.42 Å². The second-order valence-corrected chi connectivity index (χ2v) is 6.17. The number of sulfone groups is 1. The van der Waals surface area contributed by atoms with E-state index in [1.165, 1.54) is 6.26 Å². The lowest BCUT2D eigenvalue weighted by atomic mass is 10.2. The van der Waals surface area contributed by atoms with E-state index in [9.17, 15) is 8.42 Å². The maximum Gasteiger partial charge on any atom is 0.147 e. The van der Waals surface area contributed by atoms with Gasteiger partial charge in [0.25, 0.3) is 0 Å². The van der Waals surface area contributed by atoms with Gasteiger partial charge in [0.15, 0.2) is 0 Å². The van der Waals surface area contributed by atoms with Crippen molar-refractivity contribution in [2.75, 3.05) is 31.6 Å². The molecule has 0 radical (unpaired) electrons. The lowest BCUT2D eigenvalue weighted by Crippen LogP contribution is -2.30. The predicted octanol–water partition coefficient (Wildman–Crippen LogP) is 0.903. The van der Waals surface area contributed by atoms with Crippen LogP contribution in [0.4, 0.5) is 0 Å². The molecule has 0 aliphatic carbocycles. The Morgan fingerprint density at radius 2 is 2.07 bits per heavy atom. The molecule has 0 amide bonds. The van der Waals surface area contributed by atoms with Gasteiger partial charge in [-0.15, -0.1) is 0 Å². The molecular weight excluding hydrogens is 212 g/mol. The Morgan fingerprint density at radius 3 is 2.47 bits per heavy atom.